The molecule has 8 heteroatoms. The summed E-state index contributed by atoms with van der Waals surface area (Å²) in [5.74, 6) is -0.0150. The summed E-state index contributed by atoms with van der Waals surface area (Å²) in [4.78, 5) is 34.8. The number of amides is 1. The van der Waals surface area contributed by atoms with E-state index in [0.717, 1.165) is 5.56 Å². The molecule has 3 aromatic heterocycles. The first-order chi connectivity index (χ1) is 9.58. The molecule has 0 aromatic carbocycles. The molecule has 0 aliphatic heterocycles. The Hall–Kier alpha value is -3.03. The van der Waals surface area contributed by atoms with Crippen LogP contribution in [0.5, 0.6) is 0 Å². The van der Waals surface area contributed by atoms with Crippen LogP contribution in [-0.4, -0.2) is 30.1 Å². The summed E-state index contributed by atoms with van der Waals surface area (Å²) in [7, 11) is 1.74. The largest absolute Gasteiger partial charge is 0.365 e. The van der Waals surface area contributed by atoms with E-state index in [-0.39, 0.29) is 11.3 Å². The lowest BCUT2D eigenvalue weighted by atomic mass is 10.2. The highest BCUT2D eigenvalue weighted by Gasteiger charge is 2.14. The van der Waals surface area contributed by atoms with Crippen LogP contribution in [0.4, 0.5) is 0 Å². The van der Waals surface area contributed by atoms with Gasteiger partial charge in [-0.25, -0.2) is 4.52 Å². The third kappa shape index (κ3) is 1.74. The Balaban J connectivity index is 2.31. The lowest BCUT2D eigenvalue weighted by Crippen LogP contribution is -2.25. The normalized spacial score (nSPS) is 10.8. The number of primary amides is 1. The van der Waals surface area contributed by atoms with Gasteiger partial charge in [-0.15, -0.1) is 0 Å². The van der Waals surface area contributed by atoms with Crippen molar-refractivity contribution < 1.29 is 4.79 Å². The average Bonchev–Trinajstić information content (AvgIpc) is 2.75. The molecule has 0 saturated heterocycles. The molecule has 3 rings (SSSR count). The van der Waals surface area contributed by atoms with Crippen LogP contribution in [0, 0.1) is 0 Å². The molecule has 0 aliphatic carbocycles. The van der Waals surface area contributed by atoms with Crippen LogP contribution in [0.15, 0.2) is 35.5 Å². The van der Waals surface area contributed by atoms with Crippen LogP contribution >= 0.6 is 0 Å². The molecule has 20 heavy (non-hydrogen) atoms. The lowest BCUT2D eigenvalue weighted by molar-refractivity contribution is 0.0998. The number of hydrogen-bond donors (Lipinski definition) is 1. The molecule has 0 atom stereocenters. The second kappa shape index (κ2) is 4.26. The van der Waals surface area contributed by atoms with Crippen molar-refractivity contribution in [2.75, 3.05) is 0 Å². The Morgan fingerprint density at radius 2 is 1.95 bits per heavy atom. The quantitative estimate of drug-likeness (QED) is 0.681. The number of aromatic nitrogens is 5. The van der Waals surface area contributed by atoms with Crippen molar-refractivity contribution in [3.63, 3.8) is 0 Å². The number of hydrogen-bond acceptors (Lipinski definition) is 5. The van der Waals surface area contributed by atoms with Crippen molar-refractivity contribution >= 4 is 11.7 Å². The van der Waals surface area contributed by atoms with E-state index >= 15 is 0 Å². The zero-order valence-corrected chi connectivity index (χ0v) is 10.5. The van der Waals surface area contributed by atoms with E-state index < -0.39 is 11.5 Å². The second-order valence-corrected chi connectivity index (χ2v) is 4.16. The minimum Gasteiger partial charge on any atom is -0.365 e. The molecule has 0 bridgehead atoms. The van der Waals surface area contributed by atoms with E-state index in [1.54, 1.807) is 36.3 Å². The van der Waals surface area contributed by atoms with Gasteiger partial charge < -0.3 is 5.73 Å². The zero-order chi connectivity index (χ0) is 14.3. The highest BCUT2D eigenvalue weighted by molar-refractivity contribution is 5.92. The minimum absolute atomic E-state index is 0.174. The molecule has 100 valence electrons. The van der Waals surface area contributed by atoms with Crippen molar-refractivity contribution in [1.82, 2.24) is 24.1 Å². The fourth-order valence-corrected chi connectivity index (χ4v) is 1.93. The van der Waals surface area contributed by atoms with Gasteiger partial charge >= 0.3 is 0 Å². The number of rotatable bonds is 2. The maximum atomic E-state index is 11.6. The van der Waals surface area contributed by atoms with Gasteiger partial charge in [0.25, 0.3) is 17.2 Å². The van der Waals surface area contributed by atoms with Gasteiger partial charge in [0.15, 0.2) is 5.82 Å². The number of pyridine rings is 1. The summed E-state index contributed by atoms with van der Waals surface area (Å²) in [6.07, 6.45) is 4.62. The Morgan fingerprint density at radius 3 is 2.60 bits per heavy atom. The van der Waals surface area contributed by atoms with Crippen molar-refractivity contribution in [2.24, 2.45) is 12.8 Å². The molecule has 1 amide bonds. The summed E-state index contributed by atoms with van der Waals surface area (Å²) >= 11 is 0. The van der Waals surface area contributed by atoms with Crippen LogP contribution in [-0.2, 0) is 7.05 Å². The summed E-state index contributed by atoms with van der Waals surface area (Å²) < 4.78 is 3.17. The monoisotopic (exact) mass is 270 g/mol. The van der Waals surface area contributed by atoms with Crippen LogP contribution in [0.2, 0.25) is 0 Å². The SMILES string of the molecule is Cn1c(-c2ccncc2)nc2nc(=O)c(C(N)=O)cn21. The molecule has 3 aromatic rings. The summed E-state index contributed by atoms with van der Waals surface area (Å²) in [5, 5.41) is 0. The lowest BCUT2D eigenvalue weighted by Gasteiger charge is -2.03. The van der Waals surface area contributed by atoms with E-state index in [2.05, 4.69) is 15.0 Å². The van der Waals surface area contributed by atoms with Gasteiger partial charge in [-0.2, -0.15) is 9.97 Å². The second-order valence-electron chi connectivity index (χ2n) is 4.16. The predicted molar refractivity (Wildman–Crippen MR) is 70.0 cm³/mol. The Morgan fingerprint density at radius 1 is 1.25 bits per heavy atom. The van der Waals surface area contributed by atoms with Crippen molar-refractivity contribution in [2.45, 2.75) is 0 Å². The first-order valence-corrected chi connectivity index (χ1v) is 5.74. The van der Waals surface area contributed by atoms with E-state index in [1.807, 2.05) is 0 Å². The van der Waals surface area contributed by atoms with Crippen LogP contribution in [0.1, 0.15) is 10.4 Å². The maximum Gasteiger partial charge on any atom is 0.287 e. The molecule has 0 radical (unpaired) electrons. The highest BCUT2D eigenvalue weighted by Crippen LogP contribution is 2.16. The zero-order valence-electron chi connectivity index (χ0n) is 10.5. The van der Waals surface area contributed by atoms with Crippen molar-refractivity contribution in [1.29, 1.82) is 0 Å². The van der Waals surface area contributed by atoms with Gasteiger partial charge in [0.05, 0.1) is 0 Å². The number of nitrogens with two attached hydrogens (primary N) is 1. The highest BCUT2D eigenvalue weighted by atomic mass is 16.2. The van der Waals surface area contributed by atoms with Gasteiger partial charge in [0, 0.05) is 31.2 Å². The fraction of sp³-hybridized carbons (Fsp3) is 0.0833. The van der Waals surface area contributed by atoms with E-state index in [0.29, 0.717) is 5.82 Å². The van der Waals surface area contributed by atoms with Gasteiger partial charge in [-0.1, -0.05) is 0 Å². The van der Waals surface area contributed by atoms with Gasteiger partial charge in [-0.05, 0) is 12.1 Å². The maximum absolute atomic E-state index is 11.6. The van der Waals surface area contributed by atoms with Gasteiger partial charge in [0.2, 0.25) is 0 Å². The third-order valence-electron chi connectivity index (χ3n) is 2.93. The Kier molecular flexibility index (Phi) is 2.56. The first-order valence-electron chi connectivity index (χ1n) is 5.74. The first kappa shape index (κ1) is 12.0. The molecular weight excluding hydrogens is 260 g/mol. The molecule has 0 spiro atoms. The average molecular weight is 270 g/mol. The molecule has 0 fully saturated rings. The molecule has 0 unspecified atom stereocenters. The molecule has 8 nitrogen and oxygen atoms in total. The van der Waals surface area contributed by atoms with E-state index in [9.17, 15) is 9.59 Å². The molecule has 0 aliphatic rings. The summed E-state index contributed by atoms with van der Waals surface area (Å²) in [5.41, 5.74) is 5.11. The number of carbonyl (C=O) groups excluding carboxylic acids is 1. The van der Waals surface area contributed by atoms with Crippen molar-refractivity contribution in [3.05, 3.63) is 46.6 Å². The third-order valence-corrected chi connectivity index (χ3v) is 2.93. The molecule has 2 N–H and O–H groups in total. The van der Waals surface area contributed by atoms with E-state index in [4.69, 9.17) is 5.73 Å². The number of carbonyl (C=O) groups is 1. The fourth-order valence-electron chi connectivity index (χ4n) is 1.93. The molecule has 3 heterocycles. The number of fused-ring (bicyclic) bond motifs is 1. The minimum atomic E-state index is -0.816. The smallest absolute Gasteiger partial charge is 0.287 e. The number of nitrogens with zero attached hydrogens (tertiary/aromatic N) is 5. The van der Waals surface area contributed by atoms with E-state index in [1.165, 1.54) is 10.7 Å². The van der Waals surface area contributed by atoms with Gasteiger partial charge in [-0.3, -0.25) is 19.3 Å². The Bertz CT molecular complexity index is 865. The predicted octanol–water partition coefficient (Wildman–Crippen LogP) is -0.411. The van der Waals surface area contributed by atoms with Crippen LogP contribution in [0.25, 0.3) is 17.2 Å². The number of aryl methyl sites for hydroxylation is 1. The summed E-state index contributed by atoms with van der Waals surface area (Å²) in [6, 6.07) is 3.57. The van der Waals surface area contributed by atoms with Crippen LogP contribution < -0.4 is 11.3 Å². The molecular formula is C12H10N6O2. The standard InChI is InChI=1S/C12H10N6O2/c1-17-10(7-2-4-14-5-3-7)15-12-16-11(20)8(9(13)19)6-18(12)17/h2-6H,1H3,(H2,13,19). The topological polar surface area (TPSA) is 108 Å². The summed E-state index contributed by atoms with van der Waals surface area (Å²) in [6.45, 7) is 0. The van der Waals surface area contributed by atoms with Crippen molar-refractivity contribution in [3.8, 4) is 11.4 Å². The van der Waals surface area contributed by atoms with Crippen LogP contribution in [0.3, 0.4) is 0 Å². The van der Waals surface area contributed by atoms with Gasteiger partial charge in [0.1, 0.15) is 5.56 Å². The molecule has 0 saturated carbocycles. The Labute approximate surface area is 112 Å².